The van der Waals surface area contributed by atoms with Crippen LogP contribution in [0.5, 0.6) is 0 Å². The number of ether oxygens (including phenoxy) is 1. The number of anilines is 1. The molecule has 6 N–H and O–H groups in total. The summed E-state index contributed by atoms with van der Waals surface area (Å²) in [4.78, 5) is 74.7. The number of aromatic nitrogens is 2. The molecule has 0 radical (unpaired) electrons. The summed E-state index contributed by atoms with van der Waals surface area (Å²) in [6.07, 6.45) is 0.287. The smallest absolute Gasteiger partial charge is 0.383 e. The van der Waals surface area contributed by atoms with Gasteiger partial charge in [0.05, 0.1) is 19.3 Å². The Bertz CT molecular complexity index is 1180. The molecular formula is C14H24N5O15P3. The van der Waals surface area contributed by atoms with E-state index in [0.717, 1.165) is 11.5 Å². The number of phosphoric acid groups is 3. The van der Waals surface area contributed by atoms with Gasteiger partial charge in [0.25, 0.3) is 0 Å². The molecule has 0 spiro atoms. The maximum absolute atomic E-state index is 12.1. The number of nitrogens with two attached hydrogens (primary N) is 1. The van der Waals surface area contributed by atoms with Crippen molar-refractivity contribution in [1.82, 2.24) is 9.55 Å². The molecule has 37 heavy (non-hydrogen) atoms. The summed E-state index contributed by atoms with van der Waals surface area (Å²) in [5.74, 6) is 0.00254. The molecule has 0 aromatic carbocycles. The van der Waals surface area contributed by atoms with Crippen molar-refractivity contribution in [3.8, 4) is 0 Å². The molecule has 0 amide bonds. The lowest BCUT2D eigenvalue weighted by molar-refractivity contribution is -0.0246. The van der Waals surface area contributed by atoms with Gasteiger partial charge >= 0.3 is 29.2 Å². The van der Waals surface area contributed by atoms with Crippen LogP contribution in [-0.4, -0.2) is 66.6 Å². The first kappa shape index (κ1) is 31.4. The third-order valence-electron chi connectivity index (χ3n) is 4.81. The number of phosphoric ester groups is 3. The second kappa shape index (κ2) is 12.4. The zero-order valence-corrected chi connectivity index (χ0v) is 21.6. The number of hydrogen-bond donors (Lipinski definition) is 5. The van der Waals surface area contributed by atoms with Crippen molar-refractivity contribution < 1.29 is 55.9 Å². The Balaban J connectivity index is 1.94. The Morgan fingerprint density at radius 1 is 1.22 bits per heavy atom. The minimum atomic E-state index is -5.45. The number of rotatable bonds is 15. The molecule has 23 heteroatoms. The molecule has 1 aliphatic rings. The Kier molecular flexibility index (Phi) is 10.5. The van der Waals surface area contributed by atoms with Crippen LogP contribution in [0.15, 0.2) is 27.4 Å². The number of hydrogen-bond acceptors (Lipinski definition) is 15. The standard InChI is InChI=1S/C14H24N5O15P3/c1-14(8-16-21,33-35(23,24)25)10(18-22)7-31-37(28,29)34-36(26,27)30-6-9-2-3-12(32-9)19-5-4-11(15)17-13(19)20/h4-5,9-10,12H,2-3,6-8H2,1H3,(H,26,27)(H,28,29)(H2,15,17,20)(H2,23,24,25)/t9?,10-,12?,14+/m1/s1. The van der Waals surface area contributed by atoms with Gasteiger partial charge in [-0.25, -0.2) is 18.5 Å². The molecule has 0 aliphatic carbocycles. The third-order valence-corrected chi connectivity index (χ3v) is 8.07. The molecule has 1 aromatic rings. The van der Waals surface area contributed by atoms with E-state index in [0.29, 0.717) is 6.42 Å². The van der Waals surface area contributed by atoms with E-state index in [2.05, 4.69) is 33.2 Å². The zero-order chi connectivity index (χ0) is 28.1. The SMILES string of the molecule is C[C@@](CN=O)(OP(=O)(O)O)[C@@H](COP(=O)(O)OP(=O)(O)OCC1CCC(n2ccc(N)nc2=O)O1)N=O. The van der Waals surface area contributed by atoms with Gasteiger partial charge in [-0.2, -0.15) is 19.1 Å². The third kappa shape index (κ3) is 9.79. The predicted molar refractivity (Wildman–Crippen MR) is 120 cm³/mol. The molecule has 4 unspecified atom stereocenters. The summed E-state index contributed by atoms with van der Waals surface area (Å²) in [7, 11) is -16.0. The second-order valence-corrected chi connectivity index (χ2v) is 12.0. The minimum absolute atomic E-state index is 0.00254. The van der Waals surface area contributed by atoms with Crippen molar-refractivity contribution in [3.63, 3.8) is 0 Å². The first-order valence-electron chi connectivity index (χ1n) is 10.0. The van der Waals surface area contributed by atoms with Crippen LogP contribution in [0.2, 0.25) is 0 Å². The monoisotopic (exact) mass is 595 g/mol. The fourth-order valence-electron chi connectivity index (χ4n) is 3.09. The van der Waals surface area contributed by atoms with Gasteiger partial charge in [0, 0.05) is 6.20 Å². The van der Waals surface area contributed by atoms with Crippen LogP contribution in [0.4, 0.5) is 5.82 Å². The second-order valence-electron chi connectivity index (χ2n) is 7.75. The summed E-state index contributed by atoms with van der Waals surface area (Å²) >= 11 is 0. The molecule has 2 heterocycles. The van der Waals surface area contributed by atoms with Crippen molar-refractivity contribution in [3.05, 3.63) is 32.6 Å². The lowest BCUT2D eigenvalue weighted by Gasteiger charge is -2.30. The average molecular weight is 595 g/mol. The average Bonchev–Trinajstić information content (AvgIpc) is 3.19. The van der Waals surface area contributed by atoms with Crippen molar-refractivity contribution in [2.24, 2.45) is 10.4 Å². The van der Waals surface area contributed by atoms with E-state index >= 15 is 0 Å². The summed E-state index contributed by atoms with van der Waals surface area (Å²) in [6.45, 7) is -2.05. The van der Waals surface area contributed by atoms with Crippen LogP contribution in [0.3, 0.4) is 0 Å². The van der Waals surface area contributed by atoms with E-state index in [9.17, 15) is 38.1 Å². The lowest BCUT2D eigenvalue weighted by atomic mass is 9.98. The van der Waals surface area contributed by atoms with Gasteiger partial charge in [-0.1, -0.05) is 10.4 Å². The van der Waals surface area contributed by atoms with Gasteiger partial charge in [0.1, 0.15) is 30.2 Å². The van der Waals surface area contributed by atoms with Gasteiger partial charge in [-0.15, -0.1) is 0 Å². The zero-order valence-electron chi connectivity index (χ0n) is 18.9. The molecule has 1 saturated heterocycles. The van der Waals surface area contributed by atoms with Crippen LogP contribution in [0.25, 0.3) is 0 Å². The summed E-state index contributed by atoms with van der Waals surface area (Å²) in [5.41, 5.74) is 2.36. The lowest BCUT2D eigenvalue weighted by Crippen LogP contribution is -2.45. The summed E-state index contributed by atoms with van der Waals surface area (Å²) < 4.78 is 59.6. The number of nitrogens with zero attached hydrogens (tertiary/aromatic N) is 4. The Hall–Kier alpha value is -1.79. The van der Waals surface area contributed by atoms with Gasteiger partial charge in [-0.05, 0) is 25.8 Å². The number of nitrogen functional groups attached to an aromatic ring is 1. The fourth-order valence-corrected chi connectivity index (χ4v) is 5.92. The molecule has 6 atom stereocenters. The van der Waals surface area contributed by atoms with E-state index in [-0.39, 0.29) is 12.2 Å². The largest absolute Gasteiger partial charge is 0.481 e. The molecule has 0 saturated carbocycles. The molecule has 0 bridgehead atoms. The van der Waals surface area contributed by atoms with Gasteiger partial charge in [0.15, 0.2) is 0 Å². The predicted octanol–water partition coefficient (Wildman–Crippen LogP) is 0.523. The first-order chi connectivity index (χ1) is 17.0. The Labute approximate surface area is 207 Å². The van der Waals surface area contributed by atoms with E-state index in [1.165, 1.54) is 12.3 Å². The molecule has 20 nitrogen and oxygen atoms in total. The van der Waals surface area contributed by atoms with Gasteiger partial charge in [-0.3, -0.25) is 18.1 Å². The highest BCUT2D eigenvalue weighted by Crippen LogP contribution is 2.61. The van der Waals surface area contributed by atoms with Crippen molar-refractivity contribution in [1.29, 1.82) is 0 Å². The molecule has 2 rings (SSSR count). The van der Waals surface area contributed by atoms with E-state index < -0.39 is 72.9 Å². The van der Waals surface area contributed by atoms with Crippen molar-refractivity contribution in [2.45, 2.75) is 43.7 Å². The van der Waals surface area contributed by atoms with Crippen LogP contribution in [0, 0.1) is 9.81 Å². The molecule has 1 aromatic heterocycles. The Morgan fingerprint density at radius 3 is 2.43 bits per heavy atom. The van der Waals surface area contributed by atoms with E-state index in [4.69, 9.17) is 20.3 Å². The van der Waals surface area contributed by atoms with Crippen LogP contribution >= 0.6 is 23.5 Å². The normalized spacial score (nSPS) is 23.9. The molecule has 1 fully saturated rings. The Morgan fingerprint density at radius 2 is 1.86 bits per heavy atom. The number of nitroso groups, excluding NO2 is 2. The van der Waals surface area contributed by atoms with E-state index in [1.807, 2.05) is 0 Å². The topological polar surface area (TPSA) is 298 Å². The summed E-state index contributed by atoms with van der Waals surface area (Å²) in [5, 5.41) is 4.83. The highest BCUT2D eigenvalue weighted by Gasteiger charge is 2.45. The van der Waals surface area contributed by atoms with Crippen LogP contribution in [-0.2, 0) is 36.3 Å². The molecule has 210 valence electrons. The van der Waals surface area contributed by atoms with Crippen LogP contribution < -0.4 is 11.4 Å². The quantitative estimate of drug-likeness (QED) is 0.136. The molecule has 1 aliphatic heterocycles. The first-order valence-corrected chi connectivity index (χ1v) is 14.6. The maximum atomic E-state index is 12.1. The van der Waals surface area contributed by atoms with Gasteiger partial charge in [0.2, 0.25) is 0 Å². The van der Waals surface area contributed by atoms with Crippen molar-refractivity contribution >= 4 is 29.3 Å². The highest BCUT2D eigenvalue weighted by molar-refractivity contribution is 7.61. The maximum Gasteiger partial charge on any atom is 0.481 e. The minimum Gasteiger partial charge on any atom is -0.383 e. The van der Waals surface area contributed by atoms with Gasteiger partial charge < -0.3 is 30.0 Å². The van der Waals surface area contributed by atoms with Crippen LogP contribution in [0.1, 0.15) is 26.0 Å². The highest BCUT2D eigenvalue weighted by atomic mass is 31.3. The van der Waals surface area contributed by atoms with E-state index in [1.54, 1.807) is 0 Å². The summed E-state index contributed by atoms with van der Waals surface area (Å²) in [6, 6.07) is -0.638. The fraction of sp³-hybridized carbons (Fsp3) is 0.714. The van der Waals surface area contributed by atoms with Crippen molar-refractivity contribution in [2.75, 3.05) is 25.5 Å². The molecular weight excluding hydrogens is 571 g/mol.